The zero-order chi connectivity index (χ0) is 19.2. The first kappa shape index (κ1) is 18.4. The highest BCUT2D eigenvalue weighted by Gasteiger charge is 2.35. The monoisotopic (exact) mass is 381 g/mol. The lowest BCUT2D eigenvalue weighted by Gasteiger charge is -2.29. The quantitative estimate of drug-likeness (QED) is 0.882. The van der Waals surface area contributed by atoms with Gasteiger partial charge in [0.2, 0.25) is 0 Å². The van der Waals surface area contributed by atoms with Crippen LogP contribution in [0.15, 0.2) is 24.3 Å². The Kier molecular flexibility index (Phi) is 4.69. The molecule has 0 spiro atoms. The lowest BCUT2D eigenvalue weighted by atomic mass is 10.1. The molecule has 2 aliphatic rings. The molecule has 9 heteroatoms. The second-order valence-electron chi connectivity index (χ2n) is 7.38. The van der Waals surface area contributed by atoms with Gasteiger partial charge in [0.05, 0.1) is 24.3 Å². The van der Waals surface area contributed by atoms with Gasteiger partial charge in [-0.3, -0.25) is 9.80 Å². The van der Waals surface area contributed by atoms with Crippen molar-refractivity contribution in [3.63, 3.8) is 0 Å². The van der Waals surface area contributed by atoms with Crippen molar-refractivity contribution in [2.75, 3.05) is 20.1 Å². The summed E-state index contributed by atoms with van der Waals surface area (Å²) in [7, 11) is 1.97. The Morgan fingerprint density at radius 3 is 2.52 bits per heavy atom. The Labute approximate surface area is 155 Å². The number of likely N-dealkylation sites (N-methyl/N-ethyl adjacent to an activating group) is 1. The Bertz CT molecular complexity index is 804. The van der Waals surface area contributed by atoms with E-state index in [1.165, 1.54) is 12.1 Å². The second kappa shape index (κ2) is 6.88. The third kappa shape index (κ3) is 3.71. The maximum atomic E-state index is 12.7. The van der Waals surface area contributed by atoms with Crippen molar-refractivity contribution >= 4 is 0 Å². The van der Waals surface area contributed by atoms with E-state index in [1.807, 2.05) is 7.05 Å². The van der Waals surface area contributed by atoms with Crippen LogP contribution in [0.25, 0.3) is 0 Å². The molecule has 2 aromatic rings. The fourth-order valence-corrected chi connectivity index (χ4v) is 3.94. The van der Waals surface area contributed by atoms with E-state index in [0.717, 1.165) is 42.4 Å². The minimum absolute atomic E-state index is 0.0720. The number of β-amino-alcohol motifs (C(OH)–C–C–N with tert-alkyl or cyclic N) is 1. The molecule has 1 fully saturated rings. The lowest BCUT2D eigenvalue weighted by molar-refractivity contribution is -0.137. The second-order valence-corrected chi connectivity index (χ2v) is 7.38. The van der Waals surface area contributed by atoms with E-state index in [2.05, 4.69) is 24.6 Å². The molecular weight excluding hydrogens is 359 g/mol. The van der Waals surface area contributed by atoms with E-state index in [4.69, 9.17) is 0 Å². The van der Waals surface area contributed by atoms with Crippen molar-refractivity contribution < 1.29 is 18.3 Å². The molecule has 27 heavy (non-hydrogen) atoms. The van der Waals surface area contributed by atoms with Crippen LogP contribution in [0.4, 0.5) is 13.2 Å². The van der Waals surface area contributed by atoms with Gasteiger partial charge in [0, 0.05) is 26.2 Å². The Morgan fingerprint density at radius 2 is 1.89 bits per heavy atom. The molecule has 0 bridgehead atoms. The molecule has 2 aliphatic heterocycles. The number of nitrogens with zero attached hydrogens (tertiary/aromatic N) is 5. The summed E-state index contributed by atoms with van der Waals surface area (Å²) in [5.74, 6) is 1.75. The molecule has 3 heterocycles. The number of benzene rings is 1. The SMILES string of the molecule is CN1C[C@H](O)C[C@H]1c1nnc2n1CCN(Cc1ccc(C(F)(F)F)cc1)C2. The van der Waals surface area contributed by atoms with Gasteiger partial charge in [-0.1, -0.05) is 12.1 Å². The standard InChI is InChI=1S/C18H22F3N5O/c1-24-10-14(27)8-15(24)17-23-22-16-11-25(6-7-26(16)17)9-12-2-4-13(5-3-12)18(19,20)21/h2-5,14-15,27H,6-11H2,1H3/t14-,15+/m1/s1. The Balaban J connectivity index is 1.44. The van der Waals surface area contributed by atoms with Gasteiger partial charge < -0.3 is 9.67 Å². The summed E-state index contributed by atoms with van der Waals surface area (Å²) in [6, 6.07) is 5.38. The molecule has 146 valence electrons. The molecule has 1 aromatic carbocycles. The van der Waals surface area contributed by atoms with Gasteiger partial charge in [-0.15, -0.1) is 10.2 Å². The van der Waals surface area contributed by atoms with Crippen molar-refractivity contribution in [1.82, 2.24) is 24.6 Å². The predicted octanol–water partition coefficient (Wildman–Crippen LogP) is 2.05. The summed E-state index contributed by atoms with van der Waals surface area (Å²) in [6.07, 6.45) is -3.99. The van der Waals surface area contributed by atoms with Gasteiger partial charge in [0.15, 0.2) is 5.82 Å². The molecule has 1 aromatic heterocycles. The van der Waals surface area contributed by atoms with Gasteiger partial charge >= 0.3 is 6.18 Å². The van der Waals surface area contributed by atoms with E-state index in [0.29, 0.717) is 26.1 Å². The average molecular weight is 381 g/mol. The van der Waals surface area contributed by atoms with Crippen LogP contribution < -0.4 is 0 Å². The summed E-state index contributed by atoms with van der Waals surface area (Å²) in [4.78, 5) is 4.25. The number of likely N-dealkylation sites (tertiary alicyclic amines) is 1. The Hall–Kier alpha value is -1.97. The van der Waals surface area contributed by atoms with Crippen molar-refractivity contribution in [3.05, 3.63) is 47.0 Å². The summed E-state index contributed by atoms with van der Waals surface area (Å²) < 4.78 is 40.1. The zero-order valence-corrected chi connectivity index (χ0v) is 15.0. The summed E-state index contributed by atoms with van der Waals surface area (Å²) in [5.41, 5.74) is 0.215. The summed E-state index contributed by atoms with van der Waals surface area (Å²) in [5, 5.41) is 18.5. The highest BCUT2D eigenvalue weighted by Crippen LogP contribution is 2.31. The van der Waals surface area contributed by atoms with E-state index in [-0.39, 0.29) is 12.1 Å². The van der Waals surface area contributed by atoms with Crippen LogP contribution in [0.3, 0.4) is 0 Å². The Morgan fingerprint density at radius 1 is 1.15 bits per heavy atom. The van der Waals surface area contributed by atoms with E-state index in [1.54, 1.807) is 0 Å². The minimum atomic E-state index is -4.31. The number of hydrogen-bond donors (Lipinski definition) is 1. The molecule has 0 aliphatic carbocycles. The van der Waals surface area contributed by atoms with E-state index >= 15 is 0 Å². The number of hydrogen-bond acceptors (Lipinski definition) is 5. The molecule has 0 unspecified atom stereocenters. The smallest absolute Gasteiger partial charge is 0.392 e. The van der Waals surface area contributed by atoms with Crippen LogP contribution >= 0.6 is 0 Å². The van der Waals surface area contributed by atoms with Crippen LogP contribution in [0.1, 0.15) is 35.2 Å². The fourth-order valence-electron chi connectivity index (χ4n) is 3.94. The summed E-state index contributed by atoms with van der Waals surface area (Å²) in [6.45, 7) is 3.32. The summed E-state index contributed by atoms with van der Waals surface area (Å²) >= 11 is 0. The zero-order valence-electron chi connectivity index (χ0n) is 15.0. The van der Waals surface area contributed by atoms with Crippen molar-refractivity contribution in [3.8, 4) is 0 Å². The molecule has 0 saturated carbocycles. The number of rotatable bonds is 3. The third-order valence-electron chi connectivity index (χ3n) is 5.37. The first-order valence-corrected chi connectivity index (χ1v) is 9.00. The average Bonchev–Trinajstić information content (AvgIpc) is 3.16. The maximum Gasteiger partial charge on any atom is 0.416 e. The van der Waals surface area contributed by atoms with Crippen LogP contribution in [0.2, 0.25) is 0 Å². The largest absolute Gasteiger partial charge is 0.416 e. The number of aromatic nitrogens is 3. The molecule has 0 radical (unpaired) electrons. The normalized spacial score (nSPS) is 24.3. The molecule has 6 nitrogen and oxygen atoms in total. The molecule has 2 atom stereocenters. The van der Waals surface area contributed by atoms with Crippen LogP contribution in [0, 0.1) is 0 Å². The number of halogens is 3. The highest BCUT2D eigenvalue weighted by molar-refractivity contribution is 5.24. The molecule has 4 rings (SSSR count). The number of aliphatic hydroxyl groups excluding tert-OH is 1. The van der Waals surface area contributed by atoms with Crippen LogP contribution in [-0.2, 0) is 25.8 Å². The van der Waals surface area contributed by atoms with Crippen LogP contribution in [0.5, 0.6) is 0 Å². The fraction of sp³-hybridized carbons (Fsp3) is 0.556. The van der Waals surface area contributed by atoms with Gasteiger partial charge in [-0.05, 0) is 31.2 Å². The van der Waals surface area contributed by atoms with Gasteiger partial charge in [0.25, 0.3) is 0 Å². The first-order valence-electron chi connectivity index (χ1n) is 9.00. The molecule has 1 N–H and O–H groups in total. The van der Waals surface area contributed by atoms with Gasteiger partial charge in [0.1, 0.15) is 5.82 Å². The van der Waals surface area contributed by atoms with Crippen molar-refractivity contribution in [2.45, 2.75) is 44.4 Å². The van der Waals surface area contributed by atoms with Crippen molar-refractivity contribution in [2.24, 2.45) is 0 Å². The minimum Gasteiger partial charge on any atom is -0.392 e. The predicted molar refractivity (Wildman–Crippen MR) is 91.6 cm³/mol. The molecule has 1 saturated heterocycles. The topological polar surface area (TPSA) is 57.4 Å². The number of alkyl halides is 3. The van der Waals surface area contributed by atoms with Crippen LogP contribution in [-0.4, -0.2) is 55.9 Å². The molecular formula is C18H22F3N5O. The third-order valence-corrected chi connectivity index (χ3v) is 5.37. The van der Waals surface area contributed by atoms with Crippen molar-refractivity contribution in [1.29, 1.82) is 0 Å². The first-order chi connectivity index (χ1) is 12.8. The highest BCUT2D eigenvalue weighted by atomic mass is 19.4. The maximum absolute atomic E-state index is 12.7. The van der Waals surface area contributed by atoms with Gasteiger partial charge in [-0.2, -0.15) is 13.2 Å². The number of fused-ring (bicyclic) bond motifs is 1. The van der Waals surface area contributed by atoms with E-state index in [9.17, 15) is 18.3 Å². The van der Waals surface area contributed by atoms with E-state index < -0.39 is 11.7 Å². The molecule has 0 amide bonds. The number of aliphatic hydroxyl groups is 1. The lowest BCUT2D eigenvalue weighted by Crippen LogP contribution is -2.34. The van der Waals surface area contributed by atoms with Gasteiger partial charge in [-0.25, -0.2) is 0 Å².